The summed E-state index contributed by atoms with van der Waals surface area (Å²) in [5.41, 5.74) is 9.91. The van der Waals surface area contributed by atoms with E-state index >= 15 is 0 Å². The van der Waals surface area contributed by atoms with E-state index < -0.39 is 11.0 Å². The average molecular weight is 509 g/mol. The van der Waals surface area contributed by atoms with Crippen molar-refractivity contribution in [1.82, 2.24) is 10.1 Å². The van der Waals surface area contributed by atoms with Crippen molar-refractivity contribution in [1.29, 1.82) is 0 Å². The van der Waals surface area contributed by atoms with Crippen LogP contribution in [0.15, 0.2) is 82.5 Å². The Morgan fingerprint density at radius 2 is 1.97 bits per heavy atom. The molecule has 0 aliphatic heterocycles. The number of nitrogens with zero attached hydrogens (tertiary/aromatic N) is 2. The molecule has 35 heavy (non-hydrogen) atoms. The SMILES string of the molecule is COc1cc(-c2cccc(F)c2)c(Cl)cc1-c1c(N)cnc2cc(S(=O)Nc3ccon3)ccc12. The predicted octanol–water partition coefficient (Wildman–Crippen LogP) is 6.07. The summed E-state index contributed by atoms with van der Waals surface area (Å²) in [5, 5.41) is 4.84. The van der Waals surface area contributed by atoms with Gasteiger partial charge in [0.15, 0.2) is 16.8 Å². The maximum absolute atomic E-state index is 13.8. The molecule has 1 unspecified atom stereocenters. The van der Waals surface area contributed by atoms with Gasteiger partial charge in [-0.1, -0.05) is 35.0 Å². The van der Waals surface area contributed by atoms with Crippen LogP contribution in [0.5, 0.6) is 5.75 Å². The van der Waals surface area contributed by atoms with Gasteiger partial charge >= 0.3 is 0 Å². The van der Waals surface area contributed by atoms with Gasteiger partial charge in [-0.05, 0) is 42.0 Å². The number of benzene rings is 3. The van der Waals surface area contributed by atoms with Crippen LogP contribution in [0.25, 0.3) is 33.2 Å². The standard InChI is InChI=1S/C25H18ClFN4O3S/c1-33-23-12-18(14-3-2-4-15(27)9-14)20(26)11-19(23)25-17-6-5-16(10-22(17)29-13-21(25)28)35(32)31-24-7-8-34-30-24/h2-13H,28H2,1H3,(H,30,31). The third kappa shape index (κ3) is 4.43. The first-order chi connectivity index (χ1) is 16.9. The number of aromatic nitrogens is 2. The van der Waals surface area contributed by atoms with Crippen LogP contribution >= 0.6 is 11.6 Å². The van der Waals surface area contributed by atoms with E-state index in [4.69, 9.17) is 26.6 Å². The van der Waals surface area contributed by atoms with E-state index in [0.29, 0.717) is 54.9 Å². The Hall–Kier alpha value is -3.95. The second-order valence-corrected chi connectivity index (χ2v) is 9.19. The number of ether oxygens (including phenoxy) is 1. The number of hydrogen-bond acceptors (Lipinski definition) is 6. The normalized spacial score (nSPS) is 12.0. The Kier molecular flexibility index (Phi) is 6.10. The number of pyridine rings is 1. The molecule has 0 saturated carbocycles. The Bertz CT molecular complexity index is 1580. The molecule has 0 radical (unpaired) electrons. The lowest BCUT2D eigenvalue weighted by atomic mass is 9.95. The number of methoxy groups -OCH3 is 1. The average Bonchev–Trinajstić information content (AvgIpc) is 3.36. The van der Waals surface area contributed by atoms with Crippen LogP contribution < -0.4 is 15.2 Å². The molecule has 0 saturated heterocycles. The van der Waals surface area contributed by atoms with E-state index in [1.165, 1.54) is 24.6 Å². The van der Waals surface area contributed by atoms with E-state index in [9.17, 15) is 8.60 Å². The summed E-state index contributed by atoms with van der Waals surface area (Å²) >= 11 is 6.64. The summed E-state index contributed by atoms with van der Waals surface area (Å²) in [6, 6.07) is 16.4. The molecule has 7 nitrogen and oxygen atoms in total. The van der Waals surface area contributed by atoms with E-state index in [1.54, 1.807) is 55.6 Å². The van der Waals surface area contributed by atoms with Crippen LogP contribution in [0.4, 0.5) is 15.9 Å². The Labute approximate surface area is 207 Å². The summed E-state index contributed by atoms with van der Waals surface area (Å²) < 4.78 is 39.7. The van der Waals surface area contributed by atoms with Crippen LogP contribution in [0.1, 0.15) is 0 Å². The number of hydrogen-bond donors (Lipinski definition) is 2. The first-order valence-electron chi connectivity index (χ1n) is 10.4. The second-order valence-electron chi connectivity index (χ2n) is 7.57. The van der Waals surface area contributed by atoms with Crippen LogP contribution in [-0.2, 0) is 11.0 Å². The van der Waals surface area contributed by atoms with Crippen molar-refractivity contribution in [2.75, 3.05) is 17.6 Å². The number of fused-ring (bicyclic) bond motifs is 1. The van der Waals surface area contributed by atoms with Crippen LogP contribution in [-0.4, -0.2) is 21.5 Å². The summed E-state index contributed by atoms with van der Waals surface area (Å²) in [6.45, 7) is 0. The maximum atomic E-state index is 13.8. The third-order valence-electron chi connectivity index (χ3n) is 5.41. The smallest absolute Gasteiger partial charge is 0.181 e. The molecule has 0 bridgehead atoms. The molecule has 2 aromatic heterocycles. The zero-order valence-corrected chi connectivity index (χ0v) is 19.9. The van der Waals surface area contributed by atoms with Gasteiger partial charge in [0.25, 0.3) is 0 Å². The monoisotopic (exact) mass is 508 g/mol. The number of anilines is 2. The fourth-order valence-corrected chi connectivity index (χ4v) is 4.91. The van der Waals surface area contributed by atoms with Gasteiger partial charge in [-0.3, -0.25) is 9.71 Å². The van der Waals surface area contributed by atoms with Gasteiger partial charge in [-0.2, -0.15) is 0 Å². The summed E-state index contributed by atoms with van der Waals surface area (Å²) in [5.74, 6) is 0.498. The molecule has 0 aliphatic carbocycles. The van der Waals surface area contributed by atoms with Gasteiger partial charge in [0, 0.05) is 33.2 Å². The Morgan fingerprint density at radius 1 is 1.11 bits per heavy atom. The quantitative estimate of drug-likeness (QED) is 0.288. The molecule has 3 aromatic carbocycles. The maximum Gasteiger partial charge on any atom is 0.181 e. The van der Waals surface area contributed by atoms with Crippen molar-refractivity contribution in [2.45, 2.75) is 4.90 Å². The number of halogens is 2. The van der Waals surface area contributed by atoms with Crippen LogP contribution in [0.2, 0.25) is 5.02 Å². The minimum Gasteiger partial charge on any atom is -0.496 e. The van der Waals surface area contributed by atoms with E-state index in [2.05, 4.69) is 14.9 Å². The molecule has 0 aliphatic rings. The molecule has 176 valence electrons. The fourth-order valence-electron chi connectivity index (χ4n) is 3.82. The van der Waals surface area contributed by atoms with E-state index in [-0.39, 0.29) is 5.82 Å². The lowest BCUT2D eigenvalue weighted by Crippen LogP contribution is -2.05. The van der Waals surface area contributed by atoms with Gasteiger partial charge < -0.3 is 15.0 Å². The molecule has 0 spiro atoms. The van der Waals surface area contributed by atoms with Crippen molar-refractivity contribution in [3.63, 3.8) is 0 Å². The minimum absolute atomic E-state index is 0.354. The molecule has 5 rings (SSSR count). The molecule has 5 aromatic rings. The first kappa shape index (κ1) is 22.8. The Balaban J connectivity index is 1.61. The number of nitrogen functional groups attached to an aromatic ring is 1. The van der Waals surface area contributed by atoms with Crippen LogP contribution in [0.3, 0.4) is 0 Å². The molecule has 3 N–H and O–H groups in total. The predicted molar refractivity (Wildman–Crippen MR) is 135 cm³/mol. The highest BCUT2D eigenvalue weighted by atomic mass is 35.5. The van der Waals surface area contributed by atoms with Gasteiger partial charge in [0.1, 0.15) is 17.8 Å². The third-order valence-corrected chi connectivity index (χ3v) is 6.80. The Morgan fingerprint density at radius 3 is 2.71 bits per heavy atom. The first-order valence-corrected chi connectivity index (χ1v) is 11.9. The van der Waals surface area contributed by atoms with Crippen molar-refractivity contribution in [2.24, 2.45) is 0 Å². The molecule has 0 fully saturated rings. The second kappa shape index (κ2) is 9.36. The topological polar surface area (TPSA) is 103 Å². The number of nitrogens with two attached hydrogens (primary N) is 1. The highest BCUT2D eigenvalue weighted by molar-refractivity contribution is 7.86. The molecule has 0 amide bonds. The molecular weight excluding hydrogens is 491 g/mol. The largest absolute Gasteiger partial charge is 0.496 e. The zero-order chi connectivity index (χ0) is 24.5. The zero-order valence-electron chi connectivity index (χ0n) is 18.3. The molecule has 2 heterocycles. The van der Waals surface area contributed by atoms with Gasteiger partial charge in [0.05, 0.1) is 29.4 Å². The highest BCUT2D eigenvalue weighted by Crippen LogP contribution is 2.43. The lowest BCUT2D eigenvalue weighted by Gasteiger charge is -2.16. The summed E-state index contributed by atoms with van der Waals surface area (Å²) in [7, 11) is -0.0412. The van der Waals surface area contributed by atoms with Crippen molar-refractivity contribution in [3.8, 4) is 28.0 Å². The van der Waals surface area contributed by atoms with Gasteiger partial charge in [-0.25, -0.2) is 8.60 Å². The highest BCUT2D eigenvalue weighted by Gasteiger charge is 2.19. The molecule has 10 heteroatoms. The van der Waals surface area contributed by atoms with E-state index in [0.717, 1.165) is 5.39 Å². The van der Waals surface area contributed by atoms with E-state index in [1.807, 2.05) is 0 Å². The van der Waals surface area contributed by atoms with Crippen molar-refractivity contribution >= 4 is 45.0 Å². The minimum atomic E-state index is -1.58. The number of nitrogens with one attached hydrogen (secondary N) is 1. The van der Waals surface area contributed by atoms with Gasteiger partial charge in [0.2, 0.25) is 0 Å². The van der Waals surface area contributed by atoms with Gasteiger partial charge in [-0.15, -0.1) is 0 Å². The molecular formula is C25H18ClFN4O3S. The van der Waals surface area contributed by atoms with Crippen LogP contribution in [0, 0.1) is 5.82 Å². The summed E-state index contributed by atoms with van der Waals surface area (Å²) in [6.07, 6.45) is 2.91. The van der Waals surface area contributed by atoms with Crippen molar-refractivity contribution in [3.05, 3.63) is 84.0 Å². The fraction of sp³-hybridized carbons (Fsp3) is 0.0400. The summed E-state index contributed by atoms with van der Waals surface area (Å²) in [4.78, 5) is 4.92. The number of rotatable bonds is 6. The van der Waals surface area contributed by atoms with Crippen molar-refractivity contribution < 1.29 is 17.9 Å². The molecule has 1 atom stereocenters. The lowest BCUT2D eigenvalue weighted by molar-refractivity contribution is 0.416.